The molecular weight excluding hydrogens is 193 g/mol. The Bertz CT molecular complexity index is 351. The second-order valence-electron chi connectivity index (χ2n) is 4.37. The molecule has 1 aromatic carbocycles. The number of hydrogen-bond donors (Lipinski definition) is 1. The van der Waals surface area contributed by atoms with Gasteiger partial charge in [0.15, 0.2) is 0 Å². The van der Waals surface area contributed by atoms with E-state index in [2.05, 4.69) is 5.32 Å². The maximum atomic E-state index is 13.5. The number of rotatable bonds is 1. The Morgan fingerprint density at radius 3 is 2.80 bits per heavy atom. The summed E-state index contributed by atoms with van der Waals surface area (Å²) in [6, 6.07) is 6.95. The van der Waals surface area contributed by atoms with Gasteiger partial charge in [0, 0.05) is 11.6 Å². The third kappa shape index (κ3) is 2.36. The first-order valence-corrected chi connectivity index (χ1v) is 5.24. The smallest absolute Gasteiger partial charge is 0.127 e. The van der Waals surface area contributed by atoms with Crippen LogP contribution in [-0.2, 0) is 4.74 Å². The molecule has 3 heteroatoms. The highest BCUT2D eigenvalue weighted by Crippen LogP contribution is 2.27. The second-order valence-corrected chi connectivity index (χ2v) is 4.37. The van der Waals surface area contributed by atoms with Gasteiger partial charge >= 0.3 is 0 Å². The third-order valence-electron chi connectivity index (χ3n) is 2.67. The quantitative estimate of drug-likeness (QED) is 0.767. The molecule has 1 atom stereocenters. The van der Waals surface area contributed by atoms with Crippen LogP contribution in [0.2, 0.25) is 0 Å². The first kappa shape index (κ1) is 10.6. The molecule has 1 N–H and O–H groups in total. The highest BCUT2D eigenvalue weighted by atomic mass is 19.1. The predicted molar refractivity (Wildman–Crippen MR) is 56.9 cm³/mol. The number of halogens is 1. The van der Waals surface area contributed by atoms with Crippen LogP contribution in [0, 0.1) is 5.82 Å². The summed E-state index contributed by atoms with van der Waals surface area (Å²) in [6.45, 7) is 4.58. The van der Waals surface area contributed by atoms with E-state index in [9.17, 15) is 4.39 Å². The topological polar surface area (TPSA) is 21.3 Å². The summed E-state index contributed by atoms with van der Waals surface area (Å²) < 4.78 is 19.1. The van der Waals surface area contributed by atoms with Crippen LogP contribution in [0.4, 0.5) is 4.39 Å². The molecule has 1 aliphatic heterocycles. The molecule has 2 nitrogen and oxygen atoms in total. The monoisotopic (exact) mass is 209 g/mol. The lowest BCUT2D eigenvalue weighted by atomic mass is 10.0. The molecule has 0 amide bonds. The zero-order chi connectivity index (χ0) is 10.9. The van der Waals surface area contributed by atoms with E-state index < -0.39 is 0 Å². The SMILES string of the molecule is CC1(C)NC(c2ccccc2F)CCO1. The fourth-order valence-electron chi connectivity index (χ4n) is 1.96. The molecule has 82 valence electrons. The van der Waals surface area contributed by atoms with Crippen LogP contribution in [0.1, 0.15) is 31.9 Å². The first-order valence-electron chi connectivity index (χ1n) is 5.24. The summed E-state index contributed by atoms with van der Waals surface area (Å²) in [6.07, 6.45) is 0.810. The van der Waals surface area contributed by atoms with Crippen LogP contribution in [0.25, 0.3) is 0 Å². The van der Waals surface area contributed by atoms with E-state index in [1.54, 1.807) is 6.07 Å². The van der Waals surface area contributed by atoms with Crippen molar-refractivity contribution in [2.75, 3.05) is 6.61 Å². The Morgan fingerprint density at radius 1 is 1.40 bits per heavy atom. The van der Waals surface area contributed by atoms with E-state index >= 15 is 0 Å². The fourth-order valence-corrected chi connectivity index (χ4v) is 1.96. The molecule has 1 heterocycles. The molecule has 1 aromatic rings. The summed E-state index contributed by atoms with van der Waals surface area (Å²) in [7, 11) is 0. The van der Waals surface area contributed by atoms with Gasteiger partial charge in [-0.25, -0.2) is 4.39 Å². The van der Waals surface area contributed by atoms with Crippen molar-refractivity contribution < 1.29 is 9.13 Å². The lowest BCUT2D eigenvalue weighted by Crippen LogP contribution is -2.48. The Balaban J connectivity index is 2.21. The van der Waals surface area contributed by atoms with Gasteiger partial charge in [-0.15, -0.1) is 0 Å². The summed E-state index contributed by atoms with van der Waals surface area (Å²) in [4.78, 5) is 0. The Morgan fingerprint density at radius 2 is 2.13 bits per heavy atom. The molecule has 0 aliphatic carbocycles. The minimum atomic E-state index is -0.370. The highest BCUT2D eigenvalue weighted by molar-refractivity contribution is 5.21. The lowest BCUT2D eigenvalue weighted by Gasteiger charge is -2.37. The minimum Gasteiger partial charge on any atom is -0.361 e. The molecule has 0 saturated carbocycles. The van der Waals surface area contributed by atoms with Crippen molar-refractivity contribution in [3.63, 3.8) is 0 Å². The van der Waals surface area contributed by atoms with Gasteiger partial charge in [-0.1, -0.05) is 18.2 Å². The number of ether oxygens (including phenoxy) is 1. The zero-order valence-corrected chi connectivity index (χ0v) is 9.09. The molecule has 1 fully saturated rings. The van der Waals surface area contributed by atoms with Crippen molar-refractivity contribution >= 4 is 0 Å². The average molecular weight is 209 g/mol. The van der Waals surface area contributed by atoms with E-state index in [4.69, 9.17) is 4.74 Å². The maximum Gasteiger partial charge on any atom is 0.127 e. The second kappa shape index (κ2) is 3.91. The minimum absolute atomic E-state index is 0.0509. The molecule has 1 aliphatic rings. The van der Waals surface area contributed by atoms with Gasteiger partial charge in [-0.3, -0.25) is 5.32 Å². The molecule has 1 saturated heterocycles. The summed E-state index contributed by atoms with van der Waals surface area (Å²) >= 11 is 0. The van der Waals surface area contributed by atoms with E-state index in [0.717, 1.165) is 12.0 Å². The molecule has 0 spiro atoms. The summed E-state index contributed by atoms with van der Waals surface area (Å²) in [5, 5.41) is 3.29. The zero-order valence-electron chi connectivity index (χ0n) is 9.09. The van der Waals surface area contributed by atoms with Crippen molar-refractivity contribution in [3.8, 4) is 0 Å². The van der Waals surface area contributed by atoms with Gasteiger partial charge in [0.2, 0.25) is 0 Å². The van der Waals surface area contributed by atoms with Gasteiger partial charge in [0.1, 0.15) is 11.5 Å². The number of nitrogens with one attached hydrogen (secondary N) is 1. The van der Waals surface area contributed by atoms with Crippen LogP contribution >= 0.6 is 0 Å². The summed E-state index contributed by atoms with van der Waals surface area (Å²) in [5.41, 5.74) is 0.361. The van der Waals surface area contributed by atoms with Crippen molar-refractivity contribution in [2.24, 2.45) is 0 Å². The Hall–Kier alpha value is -0.930. The standard InChI is InChI=1S/C12H16FNO/c1-12(2)14-11(7-8-15-12)9-5-3-4-6-10(9)13/h3-6,11,14H,7-8H2,1-2H3. The van der Waals surface area contributed by atoms with Gasteiger partial charge in [-0.2, -0.15) is 0 Å². The Labute approximate surface area is 89.4 Å². The molecule has 0 bridgehead atoms. The molecule has 2 rings (SSSR count). The molecular formula is C12H16FNO. The van der Waals surface area contributed by atoms with Crippen molar-refractivity contribution in [3.05, 3.63) is 35.6 Å². The van der Waals surface area contributed by atoms with E-state index in [1.807, 2.05) is 26.0 Å². The molecule has 1 unspecified atom stereocenters. The Kier molecular flexibility index (Phi) is 2.76. The van der Waals surface area contributed by atoms with Crippen molar-refractivity contribution in [1.82, 2.24) is 5.32 Å². The van der Waals surface area contributed by atoms with Gasteiger partial charge in [-0.05, 0) is 26.3 Å². The fraction of sp³-hybridized carbons (Fsp3) is 0.500. The lowest BCUT2D eigenvalue weighted by molar-refractivity contribution is -0.0856. The van der Waals surface area contributed by atoms with Crippen LogP contribution in [0.15, 0.2) is 24.3 Å². The highest BCUT2D eigenvalue weighted by Gasteiger charge is 2.29. The average Bonchev–Trinajstić information content (AvgIpc) is 2.17. The van der Waals surface area contributed by atoms with E-state index in [1.165, 1.54) is 6.07 Å². The van der Waals surface area contributed by atoms with Crippen LogP contribution in [-0.4, -0.2) is 12.3 Å². The number of hydrogen-bond acceptors (Lipinski definition) is 2. The van der Waals surface area contributed by atoms with Crippen LogP contribution in [0.3, 0.4) is 0 Å². The molecule has 0 aromatic heterocycles. The van der Waals surface area contributed by atoms with E-state index in [0.29, 0.717) is 6.61 Å². The van der Waals surface area contributed by atoms with Crippen LogP contribution in [0.5, 0.6) is 0 Å². The first-order chi connectivity index (χ1) is 7.08. The van der Waals surface area contributed by atoms with Gasteiger partial charge < -0.3 is 4.74 Å². The van der Waals surface area contributed by atoms with Crippen LogP contribution < -0.4 is 5.32 Å². The predicted octanol–water partition coefficient (Wildman–Crippen LogP) is 2.61. The van der Waals surface area contributed by atoms with Crippen molar-refractivity contribution in [2.45, 2.75) is 32.0 Å². The third-order valence-corrected chi connectivity index (χ3v) is 2.67. The largest absolute Gasteiger partial charge is 0.361 e. The number of benzene rings is 1. The molecule has 0 radical (unpaired) electrons. The van der Waals surface area contributed by atoms with Gasteiger partial charge in [0.05, 0.1) is 6.61 Å². The van der Waals surface area contributed by atoms with Crippen molar-refractivity contribution in [1.29, 1.82) is 0 Å². The van der Waals surface area contributed by atoms with Gasteiger partial charge in [0.25, 0.3) is 0 Å². The molecule has 15 heavy (non-hydrogen) atoms. The summed E-state index contributed by atoms with van der Waals surface area (Å²) in [5.74, 6) is -0.146. The maximum absolute atomic E-state index is 13.5. The van der Waals surface area contributed by atoms with E-state index in [-0.39, 0.29) is 17.6 Å². The normalized spacial score (nSPS) is 25.1.